The van der Waals surface area contributed by atoms with E-state index in [0.717, 1.165) is 18.2 Å². The molecule has 1 aliphatic heterocycles. The van der Waals surface area contributed by atoms with Crippen LogP contribution >= 0.6 is 0 Å². The molecule has 126 valence electrons. The Bertz CT molecular complexity index is 615. The maximum atomic E-state index is 11.0. The van der Waals surface area contributed by atoms with Gasteiger partial charge < -0.3 is 40.1 Å². The number of benzene rings is 1. The molecule has 10 nitrogen and oxygen atoms in total. The minimum atomic E-state index is -1.89. The average Bonchev–Trinajstić information content (AvgIpc) is 2.49. The lowest BCUT2D eigenvalue weighted by atomic mass is 9.99. The Morgan fingerprint density at radius 2 is 1.70 bits per heavy atom. The summed E-state index contributed by atoms with van der Waals surface area (Å²) in [4.78, 5) is 21.9. The van der Waals surface area contributed by atoms with E-state index in [4.69, 9.17) is 19.7 Å². The molecule has 23 heavy (non-hydrogen) atoms. The fourth-order valence-corrected chi connectivity index (χ4v) is 2.02. The predicted octanol–water partition coefficient (Wildman–Crippen LogP) is -1.64. The van der Waals surface area contributed by atoms with Crippen LogP contribution in [0, 0.1) is 0 Å². The first-order valence-electron chi connectivity index (χ1n) is 6.37. The number of aliphatic hydroxyl groups excluding tert-OH is 3. The van der Waals surface area contributed by atoms with Crippen molar-refractivity contribution in [3.63, 3.8) is 0 Å². The van der Waals surface area contributed by atoms with Gasteiger partial charge in [0, 0.05) is 0 Å². The van der Waals surface area contributed by atoms with Crippen molar-refractivity contribution in [2.45, 2.75) is 30.7 Å². The van der Waals surface area contributed by atoms with Crippen molar-refractivity contribution in [3.8, 4) is 11.5 Å². The normalized spacial score (nSPS) is 30.7. The summed E-state index contributed by atoms with van der Waals surface area (Å²) in [5.74, 6) is -3.79. The molecule has 1 aromatic carbocycles. The van der Waals surface area contributed by atoms with Crippen LogP contribution in [-0.4, -0.2) is 73.3 Å². The summed E-state index contributed by atoms with van der Waals surface area (Å²) in [7, 11) is 0. The Labute approximate surface area is 128 Å². The number of aliphatic carboxylic acids is 1. The van der Waals surface area contributed by atoms with Crippen molar-refractivity contribution in [2.24, 2.45) is 0 Å². The molecule has 0 aliphatic carbocycles. The molecule has 0 unspecified atom stereocenters. The fraction of sp³-hybridized carbons (Fsp3) is 0.385. The topological polar surface area (TPSA) is 174 Å². The van der Waals surface area contributed by atoms with E-state index in [1.54, 1.807) is 0 Å². The number of ether oxygens (including phenoxy) is 2. The lowest BCUT2D eigenvalue weighted by Crippen LogP contribution is -2.61. The molecular weight excluding hydrogens is 316 g/mol. The van der Waals surface area contributed by atoms with Crippen LogP contribution in [0.3, 0.4) is 0 Å². The predicted molar refractivity (Wildman–Crippen MR) is 70.0 cm³/mol. The van der Waals surface area contributed by atoms with Gasteiger partial charge in [0.15, 0.2) is 17.6 Å². The van der Waals surface area contributed by atoms with Crippen LogP contribution in [-0.2, 0) is 9.53 Å². The van der Waals surface area contributed by atoms with Gasteiger partial charge in [-0.25, -0.2) is 9.59 Å². The van der Waals surface area contributed by atoms with Crippen molar-refractivity contribution in [1.82, 2.24) is 0 Å². The van der Waals surface area contributed by atoms with Crippen LogP contribution in [0.2, 0.25) is 0 Å². The molecule has 1 fully saturated rings. The molecule has 1 aromatic rings. The summed E-state index contributed by atoms with van der Waals surface area (Å²) in [6.07, 6.45) is -9.21. The molecule has 0 saturated carbocycles. The van der Waals surface area contributed by atoms with Crippen LogP contribution < -0.4 is 4.74 Å². The first-order chi connectivity index (χ1) is 10.7. The minimum Gasteiger partial charge on any atom is -0.504 e. The van der Waals surface area contributed by atoms with E-state index in [2.05, 4.69) is 0 Å². The van der Waals surface area contributed by atoms with Gasteiger partial charge in [-0.15, -0.1) is 0 Å². The number of hydrogen-bond donors (Lipinski definition) is 6. The van der Waals surface area contributed by atoms with Crippen molar-refractivity contribution in [3.05, 3.63) is 23.8 Å². The van der Waals surface area contributed by atoms with E-state index in [-0.39, 0.29) is 5.56 Å². The van der Waals surface area contributed by atoms with E-state index in [0.29, 0.717) is 0 Å². The van der Waals surface area contributed by atoms with Crippen LogP contribution in [0.25, 0.3) is 0 Å². The summed E-state index contributed by atoms with van der Waals surface area (Å²) >= 11 is 0. The summed E-state index contributed by atoms with van der Waals surface area (Å²) < 4.78 is 9.93. The van der Waals surface area contributed by atoms with Gasteiger partial charge in [0.1, 0.15) is 18.3 Å². The molecular formula is C13H14O10. The highest BCUT2D eigenvalue weighted by molar-refractivity contribution is 5.88. The van der Waals surface area contributed by atoms with Gasteiger partial charge >= 0.3 is 11.9 Å². The van der Waals surface area contributed by atoms with Crippen molar-refractivity contribution < 1.29 is 49.7 Å². The maximum absolute atomic E-state index is 11.0. The molecule has 5 atom stereocenters. The number of aliphatic hydroxyl groups is 3. The van der Waals surface area contributed by atoms with Gasteiger partial charge in [0.2, 0.25) is 6.29 Å². The molecule has 0 spiro atoms. The van der Waals surface area contributed by atoms with Gasteiger partial charge in [-0.2, -0.15) is 0 Å². The van der Waals surface area contributed by atoms with Gasteiger partial charge in [-0.05, 0) is 18.2 Å². The van der Waals surface area contributed by atoms with Crippen molar-refractivity contribution in [1.29, 1.82) is 0 Å². The van der Waals surface area contributed by atoms with Gasteiger partial charge in [0.05, 0.1) is 5.56 Å². The summed E-state index contributed by atoms with van der Waals surface area (Å²) in [6.45, 7) is 0. The Balaban J connectivity index is 2.26. The van der Waals surface area contributed by atoms with Crippen LogP contribution in [0.15, 0.2) is 18.2 Å². The molecule has 0 radical (unpaired) electrons. The SMILES string of the molecule is O=C(O)c1ccc(O)c(O[C@@H]2O[C@H](C(=O)O)[C@@H](O)[C@H](O)[C@H]2O)c1. The molecule has 10 heteroatoms. The van der Waals surface area contributed by atoms with Gasteiger partial charge in [-0.3, -0.25) is 0 Å². The third kappa shape index (κ3) is 3.35. The Hall–Kier alpha value is -2.40. The molecule has 0 aromatic heterocycles. The quantitative estimate of drug-likeness (QED) is 0.376. The molecule has 1 heterocycles. The number of rotatable bonds is 4. The second kappa shape index (κ2) is 6.38. The number of phenolic OH excluding ortho intramolecular Hbond substituents is 1. The maximum Gasteiger partial charge on any atom is 0.335 e. The van der Waals surface area contributed by atoms with Crippen molar-refractivity contribution >= 4 is 11.9 Å². The number of carbonyl (C=O) groups is 2. The molecule has 0 amide bonds. The van der Waals surface area contributed by atoms with Crippen LogP contribution in [0.4, 0.5) is 0 Å². The van der Waals surface area contributed by atoms with Gasteiger partial charge in [0.25, 0.3) is 0 Å². The number of aromatic carboxylic acids is 1. The highest BCUT2D eigenvalue weighted by Gasteiger charge is 2.48. The Kier molecular flexibility index (Phi) is 4.71. The van der Waals surface area contributed by atoms with Gasteiger partial charge in [-0.1, -0.05) is 0 Å². The lowest BCUT2D eigenvalue weighted by Gasteiger charge is -2.38. The summed E-state index contributed by atoms with van der Waals surface area (Å²) in [6, 6.07) is 3.05. The van der Waals surface area contributed by atoms with E-state index >= 15 is 0 Å². The zero-order valence-corrected chi connectivity index (χ0v) is 11.4. The average molecular weight is 330 g/mol. The number of aromatic hydroxyl groups is 1. The zero-order valence-electron chi connectivity index (χ0n) is 11.4. The van der Waals surface area contributed by atoms with Crippen LogP contribution in [0.1, 0.15) is 10.4 Å². The second-order valence-corrected chi connectivity index (χ2v) is 4.84. The third-order valence-electron chi connectivity index (χ3n) is 3.26. The first kappa shape index (κ1) is 17.0. The van der Waals surface area contributed by atoms with E-state index < -0.39 is 54.1 Å². The lowest BCUT2D eigenvalue weighted by molar-refractivity contribution is -0.271. The monoisotopic (exact) mass is 330 g/mol. The highest BCUT2D eigenvalue weighted by atomic mass is 16.7. The van der Waals surface area contributed by atoms with Crippen LogP contribution in [0.5, 0.6) is 11.5 Å². The summed E-state index contributed by atoms with van der Waals surface area (Å²) in [5.41, 5.74) is -0.238. The smallest absolute Gasteiger partial charge is 0.335 e. The minimum absolute atomic E-state index is 0.238. The van der Waals surface area contributed by atoms with Crippen molar-refractivity contribution in [2.75, 3.05) is 0 Å². The second-order valence-electron chi connectivity index (χ2n) is 4.84. The van der Waals surface area contributed by atoms with E-state index in [9.17, 15) is 30.0 Å². The summed E-state index contributed by atoms with van der Waals surface area (Å²) in [5, 5.41) is 56.4. The fourth-order valence-electron chi connectivity index (χ4n) is 2.02. The number of carboxylic acids is 2. The van der Waals surface area contributed by atoms with E-state index in [1.807, 2.05) is 0 Å². The molecule has 6 N–H and O–H groups in total. The highest BCUT2D eigenvalue weighted by Crippen LogP contribution is 2.31. The molecule has 2 rings (SSSR count). The Morgan fingerprint density at radius 3 is 2.26 bits per heavy atom. The standard InChI is InChI=1S/C13H14O10/c14-5-2-1-4(11(18)19)3-6(5)22-13-9(17)7(15)8(16)10(23-13)12(20)21/h1-3,7-10,13-17H,(H,18,19)(H,20,21)/t7-,8-,9+,10-,13+/m0/s1. The largest absolute Gasteiger partial charge is 0.504 e. The van der Waals surface area contributed by atoms with E-state index in [1.165, 1.54) is 0 Å². The molecule has 1 saturated heterocycles. The number of carboxylic acid groups (broad SMARTS) is 2. The molecule has 0 bridgehead atoms. The number of phenols is 1. The Morgan fingerprint density at radius 1 is 1.04 bits per heavy atom. The third-order valence-corrected chi connectivity index (χ3v) is 3.26. The first-order valence-corrected chi connectivity index (χ1v) is 6.37. The molecule has 1 aliphatic rings. The number of hydrogen-bond acceptors (Lipinski definition) is 8. The zero-order chi connectivity index (χ0) is 17.3.